The third kappa shape index (κ3) is 2.65. The smallest absolute Gasteiger partial charge is 0.407 e. The quantitative estimate of drug-likeness (QED) is 0.848. The number of nitrogens with two attached hydrogens (primary N) is 1. The van der Waals surface area contributed by atoms with Gasteiger partial charge in [-0.15, -0.1) is 10.2 Å². The van der Waals surface area contributed by atoms with Gasteiger partial charge in [-0.3, -0.25) is 0 Å². The number of hydrogen-bond acceptors (Lipinski definition) is 7. The van der Waals surface area contributed by atoms with Gasteiger partial charge in [-0.2, -0.15) is 0 Å². The number of ether oxygens (including phenoxy) is 1. The number of alkyl carbamates (subject to hydrolysis) is 1. The van der Waals surface area contributed by atoms with E-state index in [4.69, 9.17) is 10.5 Å². The van der Waals surface area contributed by atoms with Gasteiger partial charge in [0.15, 0.2) is 0 Å². The van der Waals surface area contributed by atoms with Crippen molar-refractivity contribution in [1.29, 1.82) is 0 Å². The highest BCUT2D eigenvalue weighted by molar-refractivity contribution is 7.18. The molecular weight excluding hydrogens is 278 g/mol. The first-order valence-electron chi connectivity index (χ1n) is 6.66. The molecule has 0 aromatic carbocycles. The van der Waals surface area contributed by atoms with Gasteiger partial charge in [0.2, 0.25) is 10.3 Å². The predicted octanol–water partition coefficient (Wildman–Crippen LogP) is 1.08. The summed E-state index contributed by atoms with van der Waals surface area (Å²) >= 11 is 1.39. The Bertz CT molecular complexity index is 514. The summed E-state index contributed by atoms with van der Waals surface area (Å²) in [5.41, 5.74) is 5.32. The van der Waals surface area contributed by atoms with E-state index in [1.807, 2.05) is 20.8 Å². The van der Waals surface area contributed by atoms with Crippen LogP contribution in [0.3, 0.4) is 0 Å². The Morgan fingerprint density at radius 1 is 1.40 bits per heavy atom. The summed E-state index contributed by atoms with van der Waals surface area (Å²) in [5, 5.41) is 12.0. The molecule has 1 amide bonds. The number of rotatable bonds is 2. The summed E-state index contributed by atoms with van der Waals surface area (Å²) in [6.07, 6.45) is -0.289. The fourth-order valence-electron chi connectivity index (χ4n) is 2.62. The normalized spacial score (nSPS) is 28.1. The molecule has 110 valence electrons. The number of fused-ring (bicyclic) bond motifs is 1. The van der Waals surface area contributed by atoms with Crippen LogP contribution in [0, 0.1) is 11.8 Å². The number of nitrogens with zero attached hydrogens (tertiary/aromatic N) is 3. The summed E-state index contributed by atoms with van der Waals surface area (Å²) in [5.74, 6) is 0.816. The molecule has 3 rings (SSSR count). The Labute approximate surface area is 121 Å². The average Bonchev–Trinajstić information content (AvgIpc) is 2.72. The lowest BCUT2D eigenvalue weighted by Crippen LogP contribution is -2.41. The van der Waals surface area contributed by atoms with Crippen LogP contribution in [0.4, 0.5) is 15.1 Å². The molecule has 2 aliphatic rings. The molecule has 1 saturated carbocycles. The van der Waals surface area contributed by atoms with Crippen LogP contribution in [0.25, 0.3) is 0 Å². The molecule has 7 nitrogen and oxygen atoms in total. The predicted molar refractivity (Wildman–Crippen MR) is 76.7 cm³/mol. The maximum atomic E-state index is 11.7. The first kappa shape index (κ1) is 13.4. The number of carbonyl (C=O) groups is 1. The largest absolute Gasteiger partial charge is 0.445 e. The number of carbonyl (C=O) groups excluding carboxylic acids is 1. The van der Waals surface area contributed by atoms with Crippen molar-refractivity contribution in [3.05, 3.63) is 0 Å². The van der Waals surface area contributed by atoms with Gasteiger partial charge in [0.05, 0.1) is 0 Å². The maximum absolute atomic E-state index is 11.7. The van der Waals surface area contributed by atoms with Gasteiger partial charge in [0.1, 0.15) is 6.10 Å². The van der Waals surface area contributed by atoms with E-state index in [-0.39, 0.29) is 17.7 Å². The van der Waals surface area contributed by atoms with Gasteiger partial charge in [-0.05, 0) is 20.8 Å². The summed E-state index contributed by atoms with van der Waals surface area (Å²) in [7, 11) is 0. The van der Waals surface area contributed by atoms with Crippen LogP contribution in [0.2, 0.25) is 0 Å². The molecule has 2 fully saturated rings. The Balaban J connectivity index is 1.49. The molecule has 1 aromatic heterocycles. The van der Waals surface area contributed by atoms with Crippen LogP contribution < -0.4 is 16.0 Å². The second-order valence-electron chi connectivity index (χ2n) is 6.40. The standard InChI is InChI=1S/C12H19N5O2S/c1-12(2,3)14-11(18)19-8-6-4-17(5-7(6)8)10-16-15-9(13)20-10/h6-8H,4-5H2,1-3H3,(H2,13,15)(H,14,18). The molecule has 1 aromatic rings. The SMILES string of the molecule is CC(C)(C)NC(=O)OC1C2CN(c3nnc(N)s3)CC21. The van der Waals surface area contributed by atoms with E-state index in [2.05, 4.69) is 20.4 Å². The maximum Gasteiger partial charge on any atom is 0.407 e. The summed E-state index contributed by atoms with van der Waals surface area (Å²) < 4.78 is 5.46. The number of piperidine rings is 1. The van der Waals surface area contributed by atoms with E-state index in [0.717, 1.165) is 18.2 Å². The van der Waals surface area contributed by atoms with E-state index in [9.17, 15) is 4.79 Å². The Morgan fingerprint density at radius 3 is 2.55 bits per heavy atom. The molecule has 8 heteroatoms. The molecule has 1 saturated heterocycles. The number of anilines is 2. The summed E-state index contributed by atoms with van der Waals surface area (Å²) in [6, 6.07) is 0. The van der Waals surface area contributed by atoms with Crippen molar-refractivity contribution in [2.45, 2.75) is 32.4 Å². The highest BCUT2D eigenvalue weighted by Gasteiger charge is 2.59. The third-order valence-electron chi connectivity index (χ3n) is 3.54. The molecule has 0 bridgehead atoms. The second-order valence-corrected chi connectivity index (χ2v) is 7.39. The molecule has 0 spiro atoms. The van der Waals surface area contributed by atoms with Gasteiger partial charge in [-0.1, -0.05) is 11.3 Å². The Hall–Kier alpha value is -1.57. The van der Waals surface area contributed by atoms with Crippen molar-refractivity contribution < 1.29 is 9.53 Å². The zero-order valence-electron chi connectivity index (χ0n) is 11.8. The zero-order chi connectivity index (χ0) is 14.5. The van der Waals surface area contributed by atoms with Crippen molar-refractivity contribution in [3.63, 3.8) is 0 Å². The molecule has 2 unspecified atom stereocenters. The van der Waals surface area contributed by atoms with Crippen LogP contribution in [0.15, 0.2) is 0 Å². The van der Waals surface area contributed by atoms with E-state index in [1.54, 1.807) is 0 Å². The van der Waals surface area contributed by atoms with E-state index < -0.39 is 0 Å². The average molecular weight is 297 g/mol. The number of nitrogen functional groups attached to an aromatic ring is 1. The topological polar surface area (TPSA) is 93.4 Å². The van der Waals surface area contributed by atoms with E-state index in [0.29, 0.717) is 17.0 Å². The van der Waals surface area contributed by atoms with Gasteiger partial charge in [0, 0.05) is 30.5 Å². The third-order valence-corrected chi connectivity index (χ3v) is 4.35. The molecule has 2 heterocycles. The van der Waals surface area contributed by atoms with Crippen LogP contribution in [-0.4, -0.2) is 41.0 Å². The first-order valence-corrected chi connectivity index (χ1v) is 7.48. The highest BCUT2D eigenvalue weighted by Crippen LogP contribution is 2.49. The van der Waals surface area contributed by atoms with E-state index >= 15 is 0 Å². The Morgan fingerprint density at radius 2 is 2.05 bits per heavy atom. The molecule has 2 atom stereocenters. The summed E-state index contributed by atoms with van der Waals surface area (Å²) in [6.45, 7) is 7.51. The van der Waals surface area contributed by atoms with Crippen molar-refractivity contribution in [1.82, 2.24) is 15.5 Å². The van der Waals surface area contributed by atoms with Gasteiger partial charge >= 0.3 is 6.09 Å². The minimum Gasteiger partial charge on any atom is -0.445 e. The molecule has 1 aliphatic carbocycles. The van der Waals surface area contributed by atoms with Crippen molar-refractivity contribution in [3.8, 4) is 0 Å². The number of amides is 1. The van der Waals surface area contributed by atoms with Gasteiger partial charge < -0.3 is 20.7 Å². The van der Waals surface area contributed by atoms with Crippen molar-refractivity contribution >= 4 is 27.7 Å². The fraction of sp³-hybridized carbons (Fsp3) is 0.750. The van der Waals surface area contributed by atoms with Crippen LogP contribution in [-0.2, 0) is 4.74 Å². The lowest BCUT2D eigenvalue weighted by atomic mass is 10.1. The fourth-order valence-corrected chi connectivity index (χ4v) is 3.24. The molecular formula is C12H19N5O2S. The highest BCUT2D eigenvalue weighted by atomic mass is 32.1. The molecule has 0 radical (unpaired) electrons. The molecule has 20 heavy (non-hydrogen) atoms. The first-order chi connectivity index (χ1) is 9.33. The zero-order valence-corrected chi connectivity index (χ0v) is 12.6. The van der Waals surface area contributed by atoms with Crippen LogP contribution in [0.1, 0.15) is 20.8 Å². The number of nitrogens with one attached hydrogen (secondary N) is 1. The Kier molecular flexibility index (Phi) is 3.00. The summed E-state index contributed by atoms with van der Waals surface area (Å²) in [4.78, 5) is 13.9. The molecule has 1 aliphatic heterocycles. The monoisotopic (exact) mass is 297 g/mol. The van der Waals surface area contributed by atoms with Crippen LogP contribution >= 0.6 is 11.3 Å². The lowest BCUT2D eigenvalue weighted by molar-refractivity contribution is 0.119. The number of aromatic nitrogens is 2. The molecule has 3 N–H and O–H groups in total. The van der Waals surface area contributed by atoms with E-state index in [1.165, 1.54) is 11.3 Å². The van der Waals surface area contributed by atoms with Crippen molar-refractivity contribution in [2.75, 3.05) is 23.7 Å². The van der Waals surface area contributed by atoms with Gasteiger partial charge in [0.25, 0.3) is 0 Å². The second kappa shape index (κ2) is 4.47. The number of hydrogen-bond donors (Lipinski definition) is 2. The minimum atomic E-state index is -0.330. The minimum absolute atomic E-state index is 0.0406. The van der Waals surface area contributed by atoms with Crippen LogP contribution in [0.5, 0.6) is 0 Å². The van der Waals surface area contributed by atoms with Crippen molar-refractivity contribution in [2.24, 2.45) is 11.8 Å². The lowest BCUT2D eigenvalue weighted by Gasteiger charge is -2.22. The van der Waals surface area contributed by atoms with Gasteiger partial charge in [-0.25, -0.2) is 4.79 Å².